The molecule has 7 N–H and O–H groups in total. The number of rotatable bonds is 8. The zero-order valence-corrected chi connectivity index (χ0v) is 12.4. The highest BCUT2D eigenvalue weighted by molar-refractivity contribution is 7.18. The molecule has 1 aromatic rings. The van der Waals surface area contributed by atoms with Gasteiger partial charge in [-0.15, -0.1) is 0 Å². The molecule has 0 radical (unpaired) electrons. The molecule has 0 aliphatic rings. The Balaban J connectivity index is 2.94. The minimum atomic E-state index is -0.753. The first-order chi connectivity index (χ1) is 9.85. The lowest BCUT2D eigenvalue weighted by molar-refractivity contribution is -0.121. The van der Waals surface area contributed by atoms with Gasteiger partial charge in [-0.1, -0.05) is 18.3 Å². The summed E-state index contributed by atoms with van der Waals surface area (Å²) in [6, 6.07) is 0. The molecule has 9 nitrogen and oxygen atoms in total. The quantitative estimate of drug-likeness (QED) is 0.480. The van der Waals surface area contributed by atoms with Gasteiger partial charge in [-0.3, -0.25) is 14.4 Å². The van der Waals surface area contributed by atoms with E-state index in [4.69, 9.17) is 17.2 Å². The lowest BCUT2D eigenvalue weighted by atomic mass is 10.3. The van der Waals surface area contributed by atoms with Gasteiger partial charge in [-0.05, 0) is 6.42 Å². The number of nitrogens with two attached hydrogens (primary N) is 3. The Kier molecular flexibility index (Phi) is 5.91. The van der Waals surface area contributed by atoms with Crippen LogP contribution >= 0.6 is 11.3 Å². The Morgan fingerprint density at radius 3 is 2.29 bits per heavy atom. The fraction of sp³-hybridized carbons (Fsp3) is 0.455. The summed E-state index contributed by atoms with van der Waals surface area (Å²) in [5, 5.41) is 3.50. The van der Waals surface area contributed by atoms with Gasteiger partial charge < -0.3 is 27.4 Å². The molecule has 0 saturated carbocycles. The number of carbonyl (C=O) groups is 3. The maximum atomic E-state index is 12.3. The van der Waals surface area contributed by atoms with E-state index in [2.05, 4.69) is 10.3 Å². The third kappa shape index (κ3) is 4.91. The molecule has 1 rings (SSSR count). The summed E-state index contributed by atoms with van der Waals surface area (Å²) in [5.41, 5.74) is 15.8. The first-order valence-corrected chi connectivity index (χ1v) is 7.02. The first-order valence-electron chi connectivity index (χ1n) is 6.21. The second kappa shape index (κ2) is 7.43. The van der Waals surface area contributed by atoms with Crippen LogP contribution < -0.4 is 22.5 Å². The Hall–Kier alpha value is -2.36. The Labute approximate surface area is 125 Å². The van der Waals surface area contributed by atoms with Crippen molar-refractivity contribution in [1.82, 2.24) is 9.88 Å². The molecule has 0 spiro atoms. The molecule has 0 atom stereocenters. The van der Waals surface area contributed by atoms with Crippen LogP contribution in [0.2, 0.25) is 0 Å². The molecule has 0 aliphatic heterocycles. The number of nitrogens with zero attached hydrogens (tertiary/aromatic N) is 2. The molecule has 0 aromatic carbocycles. The van der Waals surface area contributed by atoms with Crippen LogP contribution in [-0.4, -0.2) is 47.2 Å². The number of nitrogens with one attached hydrogen (secondary N) is 1. The molecular weight excluding hydrogens is 296 g/mol. The zero-order valence-electron chi connectivity index (χ0n) is 11.6. The van der Waals surface area contributed by atoms with Crippen molar-refractivity contribution in [1.29, 1.82) is 0 Å². The van der Waals surface area contributed by atoms with Gasteiger partial charge in [-0.2, -0.15) is 0 Å². The number of aromatic nitrogens is 1. The summed E-state index contributed by atoms with van der Waals surface area (Å²) in [6.07, 6.45) is 0.887. The molecule has 116 valence electrons. The summed E-state index contributed by atoms with van der Waals surface area (Å²) in [7, 11) is 0. The third-order valence-electron chi connectivity index (χ3n) is 2.35. The van der Waals surface area contributed by atoms with Crippen molar-refractivity contribution < 1.29 is 14.4 Å². The number of hydrogen-bond donors (Lipinski definition) is 4. The van der Waals surface area contributed by atoms with Crippen LogP contribution in [0, 0.1) is 0 Å². The summed E-state index contributed by atoms with van der Waals surface area (Å²) in [5.74, 6) is -2.08. The molecule has 0 saturated heterocycles. The number of hydrogen-bond acceptors (Lipinski definition) is 7. The molecule has 3 amide bonds. The standard InChI is InChI=1S/C11H18N6O3S/c1-2-3-15-11-16-9(14)8(21-11)10(20)17(4-6(12)18)5-7(13)19/h2-5,14H2,1H3,(H2,12,18)(H2,13,19)(H,15,16). The highest BCUT2D eigenvalue weighted by Gasteiger charge is 2.24. The van der Waals surface area contributed by atoms with Gasteiger partial charge in [0.1, 0.15) is 23.8 Å². The second-order valence-corrected chi connectivity index (χ2v) is 5.25. The van der Waals surface area contributed by atoms with Crippen LogP contribution in [0.4, 0.5) is 10.9 Å². The van der Waals surface area contributed by atoms with E-state index >= 15 is 0 Å². The van der Waals surface area contributed by atoms with Gasteiger partial charge >= 0.3 is 0 Å². The van der Waals surface area contributed by atoms with Crippen LogP contribution in [0.5, 0.6) is 0 Å². The molecular formula is C11H18N6O3S. The van der Waals surface area contributed by atoms with Crippen molar-refractivity contribution in [2.45, 2.75) is 13.3 Å². The van der Waals surface area contributed by atoms with E-state index in [0.717, 1.165) is 22.7 Å². The minimum absolute atomic E-state index is 0.0301. The highest BCUT2D eigenvalue weighted by atomic mass is 32.1. The molecule has 0 fully saturated rings. The number of primary amides is 2. The smallest absolute Gasteiger partial charge is 0.268 e. The van der Waals surface area contributed by atoms with Crippen LogP contribution in [0.1, 0.15) is 23.0 Å². The highest BCUT2D eigenvalue weighted by Crippen LogP contribution is 2.26. The van der Waals surface area contributed by atoms with Crippen molar-refractivity contribution in [2.75, 3.05) is 30.7 Å². The summed E-state index contributed by atoms with van der Waals surface area (Å²) >= 11 is 1.05. The van der Waals surface area contributed by atoms with Gasteiger partial charge in [0.05, 0.1) is 0 Å². The van der Waals surface area contributed by atoms with Crippen molar-refractivity contribution in [2.24, 2.45) is 11.5 Å². The van der Waals surface area contributed by atoms with E-state index in [1.165, 1.54) is 0 Å². The van der Waals surface area contributed by atoms with E-state index in [1.54, 1.807) is 0 Å². The van der Waals surface area contributed by atoms with Crippen LogP contribution in [0.15, 0.2) is 0 Å². The van der Waals surface area contributed by atoms with Crippen molar-refractivity contribution in [3.05, 3.63) is 4.88 Å². The predicted octanol–water partition coefficient (Wildman–Crippen LogP) is -1.04. The maximum absolute atomic E-state index is 12.3. The van der Waals surface area contributed by atoms with Crippen molar-refractivity contribution >= 4 is 40.0 Å². The molecule has 10 heteroatoms. The van der Waals surface area contributed by atoms with Crippen LogP contribution in [-0.2, 0) is 9.59 Å². The lowest BCUT2D eigenvalue weighted by Crippen LogP contribution is -2.43. The molecule has 0 aliphatic carbocycles. The average molecular weight is 314 g/mol. The van der Waals surface area contributed by atoms with Crippen LogP contribution in [0.3, 0.4) is 0 Å². The second-order valence-electron chi connectivity index (χ2n) is 4.25. The zero-order chi connectivity index (χ0) is 16.0. The maximum Gasteiger partial charge on any atom is 0.268 e. The van der Waals surface area contributed by atoms with Crippen LogP contribution in [0.25, 0.3) is 0 Å². The first kappa shape index (κ1) is 16.7. The number of anilines is 2. The van der Waals surface area contributed by atoms with E-state index in [1.807, 2.05) is 6.92 Å². The number of carbonyl (C=O) groups excluding carboxylic acids is 3. The topological polar surface area (TPSA) is 157 Å². The number of amides is 3. The molecule has 21 heavy (non-hydrogen) atoms. The Morgan fingerprint density at radius 2 is 1.81 bits per heavy atom. The van der Waals surface area contributed by atoms with Gasteiger partial charge in [-0.25, -0.2) is 4.98 Å². The monoisotopic (exact) mass is 314 g/mol. The van der Waals surface area contributed by atoms with Crippen molar-refractivity contribution in [3.63, 3.8) is 0 Å². The molecule has 1 heterocycles. The third-order valence-corrected chi connectivity index (χ3v) is 3.37. The van der Waals surface area contributed by atoms with E-state index in [0.29, 0.717) is 11.7 Å². The lowest BCUT2D eigenvalue weighted by Gasteiger charge is -2.18. The van der Waals surface area contributed by atoms with E-state index < -0.39 is 30.8 Å². The van der Waals surface area contributed by atoms with E-state index in [9.17, 15) is 14.4 Å². The summed E-state index contributed by atoms with van der Waals surface area (Å²) in [6.45, 7) is 1.83. The average Bonchev–Trinajstić information content (AvgIpc) is 2.74. The van der Waals surface area contributed by atoms with Crippen molar-refractivity contribution in [3.8, 4) is 0 Å². The van der Waals surface area contributed by atoms with Gasteiger partial charge in [0.15, 0.2) is 5.13 Å². The number of nitrogen functional groups attached to an aromatic ring is 1. The fourth-order valence-electron chi connectivity index (χ4n) is 1.51. The van der Waals surface area contributed by atoms with E-state index in [-0.39, 0.29) is 10.7 Å². The largest absolute Gasteiger partial charge is 0.382 e. The van der Waals surface area contributed by atoms with Gasteiger partial charge in [0, 0.05) is 6.54 Å². The SMILES string of the molecule is CCCNc1nc(N)c(C(=O)N(CC(N)=O)CC(N)=O)s1. The van der Waals surface area contributed by atoms with Gasteiger partial charge in [0.2, 0.25) is 11.8 Å². The molecule has 0 unspecified atom stereocenters. The fourth-order valence-corrected chi connectivity index (χ4v) is 2.39. The minimum Gasteiger partial charge on any atom is -0.382 e. The normalized spacial score (nSPS) is 10.1. The summed E-state index contributed by atoms with van der Waals surface area (Å²) < 4.78 is 0. The predicted molar refractivity (Wildman–Crippen MR) is 79.6 cm³/mol. The van der Waals surface area contributed by atoms with Gasteiger partial charge in [0.25, 0.3) is 5.91 Å². The molecule has 1 aromatic heterocycles. The summed E-state index contributed by atoms with van der Waals surface area (Å²) in [4.78, 5) is 39.3. The Bertz CT molecular complexity index is 528. The number of thiazole rings is 1. The molecule has 0 bridgehead atoms. The Morgan fingerprint density at radius 1 is 1.24 bits per heavy atom.